The Kier molecular flexibility index (Phi) is 5.42. The Morgan fingerprint density at radius 1 is 1.23 bits per heavy atom. The van der Waals surface area contributed by atoms with Crippen LogP contribution >= 0.6 is 11.8 Å². The Morgan fingerprint density at radius 3 is 2.68 bits per heavy atom. The first-order valence-corrected chi connectivity index (χ1v) is 9.55. The van der Waals surface area contributed by atoms with Crippen LogP contribution in [0.15, 0.2) is 29.2 Å². The van der Waals surface area contributed by atoms with Crippen LogP contribution in [0.2, 0.25) is 0 Å². The molecule has 0 radical (unpaired) electrons. The third-order valence-corrected chi connectivity index (χ3v) is 5.75. The Labute approximate surface area is 137 Å². The van der Waals surface area contributed by atoms with E-state index in [1.807, 2.05) is 18.2 Å². The standard InChI is InChI=1S/C18H26N2OS/c1-2-22-17-10-6-5-9-16(17)18(21)20(14-7-3-4-8-14)15-11-12-19-13-15/h5-6,9-10,14-15,19H,2-4,7-8,11-13H2,1H3/t15-/m0/s1. The number of rotatable bonds is 5. The highest BCUT2D eigenvalue weighted by Crippen LogP contribution is 2.31. The van der Waals surface area contributed by atoms with Crippen LogP contribution < -0.4 is 5.32 Å². The van der Waals surface area contributed by atoms with E-state index in [2.05, 4.69) is 23.2 Å². The Bertz CT molecular complexity index is 492. The summed E-state index contributed by atoms with van der Waals surface area (Å²) in [5, 5.41) is 3.42. The van der Waals surface area contributed by atoms with E-state index in [1.54, 1.807) is 11.8 Å². The third kappa shape index (κ3) is 3.33. The van der Waals surface area contributed by atoms with Gasteiger partial charge in [-0.15, -0.1) is 11.8 Å². The largest absolute Gasteiger partial charge is 0.331 e. The van der Waals surface area contributed by atoms with E-state index in [9.17, 15) is 4.79 Å². The summed E-state index contributed by atoms with van der Waals surface area (Å²) in [7, 11) is 0. The number of hydrogen-bond donors (Lipinski definition) is 1. The molecular formula is C18H26N2OS. The second-order valence-corrected chi connectivity index (χ2v) is 7.53. The van der Waals surface area contributed by atoms with Crippen LogP contribution in [0.3, 0.4) is 0 Å². The molecule has 1 heterocycles. The van der Waals surface area contributed by atoms with Gasteiger partial charge >= 0.3 is 0 Å². The molecule has 1 saturated carbocycles. The number of carbonyl (C=O) groups is 1. The zero-order valence-electron chi connectivity index (χ0n) is 13.4. The van der Waals surface area contributed by atoms with Gasteiger partial charge in [-0.1, -0.05) is 31.9 Å². The van der Waals surface area contributed by atoms with Gasteiger partial charge < -0.3 is 10.2 Å². The summed E-state index contributed by atoms with van der Waals surface area (Å²) >= 11 is 1.77. The van der Waals surface area contributed by atoms with Crippen molar-refractivity contribution >= 4 is 17.7 Å². The van der Waals surface area contributed by atoms with Gasteiger partial charge in [0.2, 0.25) is 0 Å². The molecule has 1 atom stereocenters. The highest BCUT2D eigenvalue weighted by atomic mass is 32.2. The van der Waals surface area contributed by atoms with E-state index < -0.39 is 0 Å². The summed E-state index contributed by atoms with van der Waals surface area (Å²) < 4.78 is 0. The van der Waals surface area contributed by atoms with E-state index in [1.165, 1.54) is 25.7 Å². The first kappa shape index (κ1) is 15.9. The molecule has 2 aliphatic rings. The number of thioether (sulfide) groups is 1. The minimum absolute atomic E-state index is 0.247. The quantitative estimate of drug-likeness (QED) is 0.843. The van der Waals surface area contributed by atoms with Crippen LogP contribution in [-0.2, 0) is 0 Å². The van der Waals surface area contributed by atoms with Crippen molar-refractivity contribution in [3.63, 3.8) is 0 Å². The summed E-state index contributed by atoms with van der Waals surface area (Å²) in [6.45, 7) is 4.12. The molecular weight excluding hydrogens is 292 g/mol. The molecule has 0 bridgehead atoms. The first-order chi connectivity index (χ1) is 10.8. The molecule has 120 valence electrons. The number of nitrogens with one attached hydrogen (secondary N) is 1. The van der Waals surface area contributed by atoms with Crippen molar-refractivity contribution in [2.75, 3.05) is 18.8 Å². The molecule has 3 nitrogen and oxygen atoms in total. The first-order valence-electron chi connectivity index (χ1n) is 8.56. The van der Waals surface area contributed by atoms with Crippen LogP contribution in [-0.4, -0.2) is 41.7 Å². The van der Waals surface area contributed by atoms with Gasteiger partial charge in [-0.25, -0.2) is 0 Å². The summed E-state index contributed by atoms with van der Waals surface area (Å²) in [4.78, 5) is 16.7. The lowest BCUT2D eigenvalue weighted by molar-refractivity contribution is 0.0591. The molecule has 1 aliphatic carbocycles. The minimum Gasteiger partial charge on any atom is -0.331 e. The monoisotopic (exact) mass is 318 g/mol. The summed E-state index contributed by atoms with van der Waals surface area (Å²) in [6.07, 6.45) is 5.96. The predicted octanol–water partition coefficient (Wildman–Crippen LogP) is 3.55. The van der Waals surface area contributed by atoms with Crippen LogP contribution in [0.4, 0.5) is 0 Å². The van der Waals surface area contributed by atoms with Gasteiger partial charge in [0.05, 0.1) is 5.56 Å². The maximum Gasteiger partial charge on any atom is 0.255 e. The fourth-order valence-corrected chi connectivity index (χ4v) is 4.55. The Morgan fingerprint density at radius 2 is 2.00 bits per heavy atom. The molecule has 0 aromatic heterocycles. The maximum atomic E-state index is 13.3. The van der Waals surface area contributed by atoms with Crippen LogP contribution in [0.1, 0.15) is 49.4 Å². The second-order valence-electron chi connectivity index (χ2n) is 6.23. The fraction of sp³-hybridized carbons (Fsp3) is 0.611. The van der Waals surface area contributed by atoms with E-state index in [4.69, 9.17) is 0 Å². The van der Waals surface area contributed by atoms with E-state index in [0.717, 1.165) is 35.7 Å². The van der Waals surface area contributed by atoms with Gasteiger partial charge in [0.1, 0.15) is 0 Å². The van der Waals surface area contributed by atoms with E-state index in [0.29, 0.717) is 12.1 Å². The number of nitrogens with zero attached hydrogens (tertiary/aromatic N) is 1. The van der Waals surface area contributed by atoms with Crippen molar-refractivity contribution in [3.8, 4) is 0 Å². The Hall–Kier alpha value is -1.00. The molecule has 1 N–H and O–H groups in total. The fourth-order valence-electron chi connectivity index (χ4n) is 3.75. The number of carbonyl (C=O) groups excluding carboxylic acids is 1. The van der Waals surface area contributed by atoms with Crippen molar-refractivity contribution in [2.45, 2.75) is 56.0 Å². The van der Waals surface area contributed by atoms with Crippen molar-refractivity contribution in [1.29, 1.82) is 0 Å². The smallest absolute Gasteiger partial charge is 0.255 e. The molecule has 0 spiro atoms. The van der Waals surface area contributed by atoms with E-state index in [-0.39, 0.29) is 5.91 Å². The number of amides is 1. The van der Waals surface area contributed by atoms with Gasteiger partial charge in [0.15, 0.2) is 0 Å². The van der Waals surface area contributed by atoms with Crippen molar-refractivity contribution < 1.29 is 4.79 Å². The summed E-state index contributed by atoms with van der Waals surface area (Å²) in [5.74, 6) is 1.25. The molecule has 1 aromatic carbocycles. The molecule has 22 heavy (non-hydrogen) atoms. The van der Waals surface area contributed by atoms with Gasteiger partial charge in [0.25, 0.3) is 5.91 Å². The zero-order valence-corrected chi connectivity index (χ0v) is 14.2. The average Bonchev–Trinajstić information content (AvgIpc) is 3.22. The lowest BCUT2D eigenvalue weighted by Gasteiger charge is -2.34. The number of benzene rings is 1. The van der Waals surface area contributed by atoms with Crippen LogP contribution in [0.25, 0.3) is 0 Å². The average molecular weight is 318 g/mol. The summed E-state index contributed by atoms with van der Waals surface area (Å²) in [5.41, 5.74) is 0.896. The van der Waals surface area contributed by atoms with Gasteiger partial charge in [-0.05, 0) is 43.7 Å². The molecule has 2 fully saturated rings. The maximum absolute atomic E-state index is 13.3. The van der Waals surface area contributed by atoms with Gasteiger partial charge in [0, 0.05) is 23.5 Å². The second kappa shape index (κ2) is 7.51. The van der Waals surface area contributed by atoms with Gasteiger partial charge in [-0.2, -0.15) is 0 Å². The Balaban J connectivity index is 1.88. The normalized spacial score (nSPS) is 22.1. The molecule has 1 amide bonds. The SMILES string of the molecule is CCSc1ccccc1C(=O)N(C1CCCC1)[C@H]1CCNC1. The highest BCUT2D eigenvalue weighted by Gasteiger charge is 2.35. The lowest BCUT2D eigenvalue weighted by atomic mass is 10.1. The van der Waals surface area contributed by atoms with Crippen molar-refractivity contribution in [3.05, 3.63) is 29.8 Å². The molecule has 3 rings (SSSR count). The topological polar surface area (TPSA) is 32.3 Å². The van der Waals surface area contributed by atoms with Crippen molar-refractivity contribution in [1.82, 2.24) is 10.2 Å². The highest BCUT2D eigenvalue weighted by molar-refractivity contribution is 7.99. The zero-order chi connectivity index (χ0) is 15.4. The predicted molar refractivity (Wildman–Crippen MR) is 92.5 cm³/mol. The summed E-state index contributed by atoms with van der Waals surface area (Å²) in [6, 6.07) is 8.93. The lowest BCUT2D eigenvalue weighted by Crippen LogP contribution is -2.47. The molecule has 1 aliphatic heterocycles. The molecule has 1 aromatic rings. The molecule has 4 heteroatoms. The minimum atomic E-state index is 0.247. The number of hydrogen-bond acceptors (Lipinski definition) is 3. The van der Waals surface area contributed by atoms with Crippen LogP contribution in [0.5, 0.6) is 0 Å². The third-order valence-electron chi connectivity index (χ3n) is 4.80. The van der Waals surface area contributed by atoms with Crippen molar-refractivity contribution in [2.24, 2.45) is 0 Å². The molecule has 1 saturated heterocycles. The van der Waals surface area contributed by atoms with E-state index >= 15 is 0 Å². The van der Waals surface area contributed by atoms with Gasteiger partial charge in [-0.3, -0.25) is 4.79 Å². The molecule has 0 unspecified atom stereocenters. The van der Waals surface area contributed by atoms with Crippen LogP contribution in [0, 0.1) is 0 Å².